The lowest BCUT2D eigenvalue weighted by Crippen LogP contribution is -2.34. The van der Waals surface area contributed by atoms with E-state index in [-0.39, 0.29) is 24.0 Å². The van der Waals surface area contributed by atoms with E-state index in [0.717, 1.165) is 38.3 Å². The Bertz CT molecular complexity index is 377. The van der Waals surface area contributed by atoms with Crippen LogP contribution < -0.4 is 11.1 Å². The fourth-order valence-electron chi connectivity index (χ4n) is 1.84. The lowest BCUT2D eigenvalue weighted by atomic mass is 10.2. The lowest BCUT2D eigenvalue weighted by Gasteiger charge is -2.07. The summed E-state index contributed by atoms with van der Waals surface area (Å²) in [6, 6.07) is 0. The zero-order valence-electron chi connectivity index (χ0n) is 12.5. The number of nitrogens with one attached hydrogen (secondary N) is 1. The van der Waals surface area contributed by atoms with Crippen molar-refractivity contribution in [3.05, 3.63) is 12.2 Å². The van der Waals surface area contributed by atoms with Crippen LogP contribution in [-0.2, 0) is 13.0 Å². The molecule has 0 radical (unpaired) electrons. The van der Waals surface area contributed by atoms with Crippen molar-refractivity contribution < 1.29 is 0 Å². The minimum absolute atomic E-state index is 0. The fourth-order valence-corrected chi connectivity index (χ4v) is 1.84. The normalized spacial score (nSPS) is 11.2. The number of guanidine groups is 1. The Labute approximate surface area is 138 Å². The van der Waals surface area contributed by atoms with Crippen molar-refractivity contribution in [2.24, 2.45) is 10.7 Å². The maximum absolute atomic E-state index is 5.80. The van der Waals surface area contributed by atoms with Gasteiger partial charge in [0.2, 0.25) is 0 Å². The number of hydrogen-bond acceptors (Lipinski definition) is 3. The van der Waals surface area contributed by atoms with Crippen molar-refractivity contribution >= 4 is 29.9 Å². The number of halogens is 1. The number of nitrogens with two attached hydrogens (primary N) is 1. The summed E-state index contributed by atoms with van der Waals surface area (Å²) in [5.41, 5.74) is 5.80. The molecule has 0 aliphatic carbocycles. The standard InChI is InChI=1S/C13H26N6.HI/c1-3-5-6-7-8-15-13(14)16-9-10-19-11-17-18-12(19)4-2;/h11H,3-10H2,1-2H3,(H3,14,15,16);1H. The lowest BCUT2D eigenvalue weighted by molar-refractivity contribution is 0.636. The molecule has 0 spiro atoms. The van der Waals surface area contributed by atoms with Crippen LogP contribution in [0.4, 0.5) is 0 Å². The predicted octanol–water partition coefficient (Wildman–Crippen LogP) is 1.94. The first kappa shape index (κ1) is 19.1. The van der Waals surface area contributed by atoms with Gasteiger partial charge in [-0.2, -0.15) is 0 Å². The van der Waals surface area contributed by atoms with E-state index in [1.54, 1.807) is 6.33 Å². The third-order valence-corrected chi connectivity index (χ3v) is 2.96. The molecule has 20 heavy (non-hydrogen) atoms. The molecule has 0 aliphatic heterocycles. The highest BCUT2D eigenvalue weighted by atomic mass is 127. The highest BCUT2D eigenvalue weighted by molar-refractivity contribution is 14.0. The van der Waals surface area contributed by atoms with Crippen LogP contribution in [0.3, 0.4) is 0 Å². The molecule has 1 aromatic rings. The van der Waals surface area contributed by atoms with Crippen LogP contribution in [-0.4, -0.2) is 33.8 Å². The summed E-state index contributed by atoms with van der Waals surface area (Å²) in [6.07, 6.45) is 7.50. The molecule has 3 N–H and O–H groups in total. The first-order valence-electron chi connectivity index (χ1n) is 7.18. The van der Waals surface area contributed by atoms with E-state index in [9.17, 15) is 0 Å². The van der Waals surface area contributed by atoms with Gasteiger partial charge in [0.05, 0.1) is 0 Å². The fraction of sp³-hybridized carbons (Fsp3) is 0.769. The number of aryl methyl sites for hydroxylation is 1. The molecule has 0 saturated carbocycles. The molecular formula is C13H27IN6. The van der Waals surface area contributed by atoms with Crippen molar-refractivity contribution in [2.45, 2.75) is 52.5 Å². The molecule has 0 aliphatic rings. The number of aliphatic imine (C=N–C) groups is 1. The maximum Gasteiger partial charge on any atom is 0.188 e. The summed E-state index contributed by atoms with van der Waals surface area (Å²) < 4.78 is 2.03. The molecule has 7 heteroatoms. The quantitative estimate of drug-likeness (QED) is 0.290. The Morgan fingerprint density at radius 2 is 2.15 bits per heavy atom. The molecular weight excluding hydrogens is 367 g/mol. The summed E-state index contributed by atoms with van der Waals surface area (Å²) in [4.78, 5) is 4.30. The Morgan fingerprint density at radius 3 is 2.85 bits per heavy atom. The van der Waals surface area contributed by atoms with Gasteiger partial charge in [-0.25, -0.2) is 0 Å². The van der Waals surface area contributed by atoms with Crippen LogP contribution in [0.2, 0.25) is 0 Å². The Balaban J connectivity index is 0.00000361. The van der Waals surface area contributed by atoms with E-state index in [0.29, 0.717) is 5.96 Å². The van der Waals surface area contributed by atoms with E-state index in [2.05, 4.69) is 34.4 Å². The summed E-state index contributed by atoms with van der Waals surface area (Å²) in [5.74, 6) is 1.53. The Morgan fingerprint density at radius 1 is 1.35 bits per heavy atom. The van der Waals surface area contributed by atoms with Gasteiger partial charge in [0, 0.05) is 26.1 Å². The number of hydrogen-bond donors (Lipinski definition) is 2. The highest BCUT2D eigenvalue weighted by Crippen LogP contribution is 1.98. The molecule has 1 heterocycles. The molecule has 1 rings (SSSR count). The summed E-state index contributed by atoms with van der Waals surface area (Å²) in [6.45, 7) is 6.64. The van der Waals surface area contributed by atoms with Gasteiger partial charge in [-0.05, 0) is 6.42 Å². The third kappa shape index (κ3) is 7.66. The molecule has 0 aromatic carbocycles. The van der Waals surface area contributed by atoms with Crippen molar-refractivity contribution in [2.75, 3.05) is 13.1 Å². The molecule has 0 fully saturated rings. The Kier molecular flexibility index (Phi) is 11.4. The summed E-state index contributed by atoms with van der Waals surface area (Å²) >= 11 is 0. The maximum atomic E-state index is 5.80. The van der Waals surface area contributed by atoms with Crippen LogP contribution in [0.15, 0.2) is 11.3 Å². The number of nitrogens with zero attached hydrogens (tertiary/aromatic N) is 4. The van der Waals surface area contributed by atoms with E-state index >= 15 is 0 Å². The second-order valence-corrected chi connectivity index (χ2v) is 4.55. The van der Waals surface area contributed by atoms with Gasteiger partial charge >= 0.3 is 0 Å². The molecule has 0 amide bonds. The molecule has 1 aromatic heterocycles. The number of rotatable bonds is 9. The van der Waals surface area contributed by atoms with Crippen LogP contribution in [0.5, 0.6) is 0 Å². The average molecular weight is 394 g/mol. The van der Waals surface area contributed by atoms with Gasteiger partial charge in [-0.3, -0.25) is 4.99 Å². The van der Waals surface area contributed by atoms with Crippen LogP contribution >= 0.6 is 24.0 Å². The number of aromatic nitrogens is 3. The minimum Gasteiger partial charge on any atom is -0.370 e. The van der Waals surface area contributed by atoms with Crippen molar-refractivity contribution in [1.82, 2.24) is 20.1 Å². The van der Waals surface area contributed by atoms with Gasteiger partial charge in [0.25, 0.3) is 0 Å². The van der Waals surface area contributed by atoms with Gasteiger partial charge in [-0.15, -0.1) is 34.2 Å². The van der Waals surface area contributed by atoms with Gasteiger partial charge in [0.15, 0.2) is 5.96 Å². The topological polar surface area (TPSA) is 81.1 Å². The average Bonchev–Trinajstić information content (AvgIpc) is 2.86. The zero-order chi connectivity index (χ0) is 13.9. The zero-order valence-corrected chi connectivity index (χ0v) is 14.8. The highest BCUT2D eigenvalue weighted by Gasteiger charge is 2.00. The van der Waals surface area contributed by atoms with E-state index in [1.807, 2.05) is 4.57 Å². The molecule has 0 saturated heterocycles. The minimum atomic E-state index is 0. The van der Waals surface area contributed by atoms with E-state index < -0.39 is 0 Å². The first-order valence-corrected chi connectivity index (χ1v) is 7.18. The third-order valence-electron chi connectivity index (χ3n) is 2.96. The van der Waals surface area contributed by atoms with Crippen LogP contribution in [0.1, 0.15) is 45.4 Å². The summed E-state index contributed by atoms with van der Waals surface area (Å²) in [5, 5.41) is 11.0. The SMILES string of the molecule is CCCCCCN=C(N)NCCn1cnnc1CC.I. The first-order chi connectivity index (χ1) is 9.27. The van der Waals surface area contributed by atoms with Crippen molar-refractivity contribution in [3.8, 4) is 0 Å². The summed E-state index contributed by atoms with van der Waals surface area (Å²) in [7, 11) is 0. The molecule has 116 valence electrons. The predicted molar refractivity (Wildman–Crippen MR) is 93.4 cm³/mol. The van der Waals surface area contributed by atoms with Crippen LogP contribution in [0, 0.1) is 0 Å². The largest absolute Gasteiger partial charge is 0.370 e. The molecule has 0 unspecified atom stereocenters. The van der Waals surface area contributed by atoms with Crippen LogP contribution in [0.25, 0.3) is 0 Å². The van der Waals surface area contributed by atoms with Crippen molar-refractivity contribution in [1.29, 1.82) is 0 Å². The van der Waals surface area contributed by atoms with E-state index in [1.165, 1.54) is 19.3 Å². The number of unbranched alkanes of at least 4 members (excludes halogenated alkanes) is 3. The second kappa shape index (κ2) is 11.9. The van der Waals surface area contributed by atoms with Crippen molar-refractivity contribution in [3.63, 3.8) is 0 Å². The van der Waals surface area contributed by atoms with Gasteiger partial charge < -0.3 is 15.6 Å². The van der Waals surface area contributed by atoms with Gasteiger partial charge in [-0.1, -0.05) is 33.1 Å². The smallest absolute Gasteiger partial charge is 0.188 e. The Hall–Kier alpha value is -0.860. The second-order valence-electron chi connectivity index (χ2n) is 4.55. The molecule has 0 bridgehead atoms. The molecule has 0 atom stereocenters. The monoisotopic (exact) mass is 394 g/mol. The molecule has 6 nitrogen and oxygen atoms in total. The van der Waals surface area contributed by atoms with Gasteiger partial charge in [0.1, 0.15) is 12.2 Å². The van der Waals surface area contributed by atoms with E-state index in [4.69, 9.17) is 5.73 Å².